The molecule has 2 aromatic carbocycles. The average molecular weight is 471 g/mol. The van der Waals surface area contributed by atoms with E-state index in [1.165, 1.54) is 37.7 Å². The first-order valence-electron chi connectivity index (χ1n) is 11.8. The molecule has 2 fully saturated rings. The van der Waals surface area contributed by atoms with Crippen LogP contribution in [0, 0.1) is 0 Å². The van der Waals surface area contributed by atoms with Crippen molar-refractivity contribution in [1.82, 2.24) is 9.80 Å². The molecule has 0 aromatic heterocycles. The fourth-order valence-corrected chi connectivity index (χ4v) is 6.17. The number of hydrogen-bond acceptors (Lipinski definition) is 5. The summed E-state index contributed by atoms with van der Waals surface area (Å²) in [5.41, 5.74) is 7.83. The predicted molar refractivity (Wildman–Crippen MR) is 132 cm³/mol. The van der Waals surface area contributed by atoms with E-state index >= 15 is 0 Å². The highest BCUT2D eigenvalue weighted by Gasteiger charge is 2.41. The molecular weight excluding hydrogens is 436 g/mol. The summed E-state index contributed by atoms with van der Waals surface area (Å²) >= 11 is 0. The van der Waals surface area contributed by atoms with E-state index in [9.17, 15) is 13.2 Å². The number of anilines is 1. The number of carbonyl (C=O) groups excluding carboxylic acids is 1. The maximum Gasteiger partial charge on any atom is 0.253 e. The molecule has 1 heterocycles. The number of hydrogen-bond donors (Lipinski definition) is 2. The Morgan fingerprint density at radius 3 is 2.15 bits per heavy atom. The topological polar surface area (TPSA) is 95.7 Å². The van der Waals surface area contributed by atoms with Crippen LogP contribution in [0.1, 0.15) is 48.0 Å². The first-order valence-corrected chi connectivity index (χ1v) is 13.5. The van der Waals surface area contributed by atoms with Gasteiger partial charge >= 0.3 is 0 Å². The van der Waals surface area contributed by atoms with E-state index in [1.807, 2.05) is 4.90 Å². The Bertz CT molecular complexity index is 1030. The van der Waals surface area contributed by atoms with Crippen LogP contribution in [0.4, 0.5) is 5.69 Å². The van der Waals surface area contributed by atoms with Crippen LogP contribution in [0.25, 0.3) is 0 Å². The summed E-state index contributed by atoms with van der Waals surface area (Å²) in [4.78, 5) is 17.6. The molecule has 1 aliphatic carbocycles. The lowest BCUT2D eigenvalue weighted by molar-refractivity contribution is 0.00562. The fourth-order valence-electron chi connectivity index (χ4n) is 5.26. The lowest BCUT2D eigenvalue weighted by Crippen LogP contribution is -2.57. The van der Waals surface area contributed by atoms with Gasteiger partial charge < -0.3 is 10.6 Å². The quantitative estimate of drug-likeness (QED) is 0.649. The van der Waals surface area contributed by atoms with Crippen LogP contribution in [0.3, 0.4) is 0 Å². The van der Waals surface area contributed by atoms with E-state index in [0.29, 0.717) is 24.3 Å². The Kier molecular flexibility index (Phi) is 7.36. The number of benzene rings is 2. The van der Waals surface area contributed by atoms with Crippen LogP contribution in [0.15, 0.2) is 54.6 Å². The lowest BCUT2D eigenvalue weighted by Gasteiger charge is -2.50. The Labute approximate surface area is 197 Å². The standard InChI is InChI=1S/C25H34N4O3S/c26-15-20-33(31,32)27-23-11-9-21(10-12-23)24(30)28-16-18-29(19-17-28)25(13-5-2-6-14-25)22-7-3-1-4-8-22/h1,3-4,7-12,27H,2,5-6,13-20,26H2. The minimum Gasteiger partial charge on any atom is -0.336 e. The van der Waals surface area contributed by atoms with E-state index in [-0.39, 0.29) is 23.7 Å². The fraction of sp³-hybridized carbons (Fsp3) is 0.480. The molecule has 1 saturated carbocycles. The molecule has 4 rings (SSSR count). The molecule has 2 aromatic rings. The zero-order chi connectivity index (χ0) is 23.3. The SMILES string of the molecule is NCCS(=O)(=O)Nc1ccc(C(=O)N2CCN(C3(c4ccccc4)CCCCC3)CC2)cc1. The van der Waals surface area contributed by atoms with Crippen molar-refractivity contribution < 1.29 is 13.2 Å². The second-order valence-electron chi connectivity index (χ2n) is 9.02. The molecule has 0 unspecified atom stereocenters. The van der Waals surface area contributed by atoms with Crippen LogP contribution in [-0.2, 0) is 15.6 Å². The molecule has 2 aliphatic rings. The highest BCUT2D eigenvalue weighted by atomic mass is 32.2. The molecule has 7 nitrogen and oxygen atoms in total. The Morgan fingerprint density at radius 1 is 0.909 bits per heavy atom. The van der Waals surface area contributed by atoms with Gasteiger partial charge in [0.25, 0.3) is 5.91 Å². The number of nitrogens with one attached hydrogen (secondary N) is 1. The molecule has 0 bridgehead atoms. The van der Waals surface area contributed by atoms with E-state index in [2.05, 4.69) is 40.0 Å². The van der Waals surface area contributed by atoms with Crippen LogP contribution < -0.4 is 10.5 Å². The number of piperazine rings is 1. The highest BCUT2D eigenvalue weighted by molar-refractivity contribution is 7.92. The van der Waals surface area contributed by atoms with E-state index in [0.717, 1.165) is 13.1 Å². The van der Waals surface area contributed by atoms with Crippen molar-refractivity contribution in [2.24, 2.45) is 5.73 Å². The molecule has 33 heavy (non-hydrogen) atoms. The van der Waals surface area contributed by atoms with Gasteiger partial charge in [-0.1, -0.05) is 49.6 Å². The molecule has 1 amide bonds. The van der Waals surface area contributed by atoms with Crippen molar-refractivity contribution >= 4 is 21.6 Å². The van der Waals surface area contributed by atoms with Crippen LogP contribution in [-0.4, -0.2) is 62.6 Å². The smallest absolute Gasteiger partial charge is 0.253 e. The number of sulfonamides is 1. The minimum absolute atomic E-state index is 0.0107. The molecule has 0 radical (unpaired) electrons. The van der Waals surface area contributed by atoms with Gasteiger partial charge in [0.15, 0.2) is 0 Å². The second-order valence-corrected chi connectivity index (χ2v) is 10.9. The van der Waals surface area contributed by atoms with Gasteiger partial charge in [0, 0.05) is 49.5 Å². The third-order valence-corrected chi connectivity index (χ3v) is 8.28. The minimum atomic E-state index is -3.46. The van der Waals surface area contributed by atoms with Gasteiger partial charge in [0.1, 0.15) is 0 Å². The zero-order valence-corrected chi connectivity index (χ0v) is 19.9. The molecule has 178 valence electrons. The molecule has 8 heteroatoms. The van der Waals surface area contributed by atoms with Crippen molar-refractivity contribution in [3.8, 4) is 0 Å². The van der Waals surface area contributed by atoms with Crippen LogP contribution >= 0.6 is 0 Å². The van der Waals surface area contributed by atoms with Crippen molar-refractivity contribution in [3.05, 3.63) is 65.7 Å². The van der Waals surface area contributed by atoms with E-state index in [4.69, 9.17) is 5.73 Å². The number of nitrogens with two attached hydrogens (primary N) is 1. The van der Waals surface area contributed by atoms with Gasteiger partial charge in [0.05, 0.1) is 5.75 Å². The second kappa shape index (κ2) is 10.2. The molecule has 1 aliphatic heterocycles. The monoisotopic (exact) mass is 470 g/mol. The summed E-state index contributed by atoms with van der Waals surface area (Å²) in [5, 5.41) is 0. The first kappa shape index (κ1) is 23.7. The van der Waals surface area contributed by atoms with Crippen molar-refractivity contribution in [2.45, 2.75) is 37.6 Å². The van der Waals surface area contributed by atoms with Gasteiger partial charge in [0.2, 0.25) is 10.0 Å². The third kappa shape index (κ3) is 5.39. The van der Waals surface area contributed by atoms with Crippen molar-refractivity contribution in [2.75, 3.05) is 43.2 Å². The summed E-state index contributed by atoms with van der Waals surface area (Å²) in [6.07, 6.45) is 6.13. The Morgan fingerprint density at radius 2 is 1.55 bits per heavy atom. The number of carbonyl (C=O) groups is 1. The van der Waals surface area contributed by atoms with Crippen LogP contribution in [0.2, 0.25) is 0 Å². The number of nitrogens with zero attached hydrogens (tertiary/aromatic N) is 2. The van der Waals surface area contributed by atoms with Gasteiger partial charge in [-0.2, -0.15) is 0 Å². The van der Waals surface area contributed by atoms with Crippen molar-refractivity contribution in [1.29, 1.82) is 0 Å². The predicted octanol–water partition coefficient (Wildman–Crippen LogP) is 3.00. The lowest BCUT2D eigenvalue weighted by atomic mass is 9.75. The normalized spacial score (nSPS) is 19.2. The Hall–Kier alpha value is -2.42. The van der Waals surface area contributed by atoms with Gasteiger partial charge in [-0.25, -0.2) is 8.42 Å². The molecular formula is C25H34N4O3S. The summed E-state index contributed by atoms with van der Waals surface area (Å²) < 4.78 is 26.3. The number of amides is 1. The highest BCUT2D eigenvalue weighted by Crippen LogP contribution is 2.42. The van der Waals surface area contributed by atoms with Gasteiger partial charge in [-0.15, -0.1) is 0 Å². The third-order valence-electron chi connectivity index (χ3n) is 6.96. The largest absolute Gasteiger partial charge is 0.336 e. The van der Waals surface area contributed by atoms with Gasteiger partial charge in [-0.3, -0.25) is 14.4 Å². The zero-order valence-electron chi connectivity index (χ0n) is 19.1. The average Bonchev–Trinajstić information content (AvgIpc) is 2.85. The first-order chi connectivity index (χ1) is 15.9. The van der Waals surface area contributed by atoms with E-state index < -0.39 is 10.0 Å². The van der Waals surface area contributed by atoms with Gasteiger partial charge in [-0.05, 0) is 42.7 Å². The molecule has 0 spiro atoms. The summed E-state index contributed by atoms with van der Waals surface area (Å²) in [6, 6.07) is 17.5. The molecule has 0 atom stereocenters. The maximum absolute atomic E-state index is 13.1. The Balaban J connectivity index is 1.40. The molecule has 1 saturated heterocycles. The molecule has 3 N–H and O–H groups in total. The number of rotatable bonds is 7. The van der Waals surface area contributed by atoms with Crippen molar-refractivity contribution in [3.63, 3.8) is 0 Å². The maximum atomic E-state index is 13.1. The summed E-state index contributed by atoms with van der Waals surface area (Å²) in [6.45, 7) is 3.16. The van der Waals surface area contributed by atoms with Crippen LogP contribution in [0.5, 0.6) is 0 Å². The summed E-state index contributed by atoms with van der Waals surface area (Å²) in [7, 11) is -3.46. The van der Waals surface area contributed by atoms with E-state index in [1.54, 1.807) is 24.3 Å². The summed E-state index contributed by atoms with van der Waals surface area (Å²) in [5.74, 6) is -0.147.